The van der Waals surface area contributed by atoms with Crippen LogP contribution in [0, 0.1) is 0 Å². The van der Waals surface area contributed by atoms with Crippen molar-refractivity contribution < 1.29 is 0 Å². The molecule has 0 saturated carbocycles. The van der Waals surface area contributed by atoms with E-state index in [0.29, 0.717) is 6.04 Å². The van der Waals surface area contributed by atoms with Gasteiger partial charge in [0.2, 0.25) is 0 Å². The Labute approximate surface area is 123 Å². The zero-order valence-electron chi connectivity index (χ0n) is 12.5. The molecule has 0 aliphatic rings. The standard InChI is InChI=1S/C16H27ClN2/c1-4-19(5-2)12-6-11-18-14(3)13-15-7-9-16(17)10-8-15/h7-10,14,18H,4-6,11-13H2,1-3H3. The third kappa shape index (κ3) is 6.95. The second kappa shape index (κ2) is 9.35. The average molecular weight is 283 g/mol. The molecule has 0 amide bonds. The smallest absolute Gasteiger partial charge is 0.0406 e. The van der Waals surface area contributed by atoms with E-state index < -0.39 is 0 Å². The van der Waals surface area contributed by atoms with Crippen LogP contribution in [0.15, 0.2) is 24.3 Å². The summed E-state index contributed by atoms with van der Waals surface area (Å²) in [7, 11) is 0. The fraction of sp³-hybridized carbons (Fsp3) is 0.625. The minimum absolute atomic E-state index is 0.512. The van der Waals surface area contributed by atoms with E-state index >= 15 is 0 Å². The molecule has 0 spiro atoms. The van der Waals surface area contributed by atoms with Gasteiger partial charge < -0.3 is 10.2 Å². The first-order chi connectivity index (χ1) is 9.15. The SMILES string of the molecule is CCN(CC)CCCNC(C)Cc1ccc(Cl)cc1. The summed E-state index contributed by atoms with van der Waals surface area (Å²) in [6.07, 6.45) is 2.27. The van der Waals surface area contributed by atoms with Crippen LogP contribution < -0.4 is 5.32 Å². The largest absolute Gasteiger partial charge is 0.314 e. The van der Waals surface area contributed by atoms with Crippen molar-refractivity contribution in [3.05, 3.63) is 34.9 Å². The maximum atomic E-state index is 5.89. The summed E-state index contributed by atoms with van der Waals surface area (Å²) in [6.45, 7) is 11.3. The van der Waals surface area contributed by atoms with E-state index in [4.69, 9.17) is 11.6 Å². The van der Waals surface area contributed by atoms with E-state index in [1.807, 2.05) is 12.1 Å². The molecule has 1 atom stereocenters. The highest BCUT2D eigenvalue weighted by molar-refractivity contribution is 6.30. The van der Waals surface area contributed by atoms with E-state index in [2.05, 4.69) is 43.1 Å². The Morgan fingerprint density at radius 2 is 1.79 bits per heavy atom. The lowest BCUT2D eigenvalue weighted by molar-refractivity contribution is 0.296. The summed E-state index contributed by atoms with van der Waals surface area (Å²) in [6, 6.07) is 8.65. The van der Waals surface area contributed by atoms with E-state index in [9.17, 15) is 0 Å². The maximum absolute atomic E-state index is 5.89. The van der Waals surface area contributed by atoms with Crippen molar-refractivity contribution in [2.24, 2.45) is 0 Å². The van der Waals surface area contributed by atoms with Crippen LogP contribution in [0.3, 0.4) is 0 Å². The zero-order valence-corrected chi connectivity index (χ0v) is 13.2. The Kier molecular flexibility index (Phi) is 8.11. The molecule has 0 aliphatic carbocycles. The van der Waals surface area contributed by atoms with E-state index in [0.717, 1.165) is 31.1 Å². The molecule has 19 heavy (non-hydrogen) atoms. The third-order valence-corrected chi connectivity index (χ3v) is 3.75. The molecule has 1 aromatic carbocycles. The molecule has 1 rings (SSSR count). The fourth-order valence-electron chi connectivity index (χ4n) is 2.24. The van der Waals surface area contributed by atoms with Gasteiger partial charge in [0.1, 0.15) is 0 Å². The molecule has 0 aliphatic heterocycles. The predicted octanol–water partition coefficient (Wildman–Crippen LogP) is 3.59. The number of halogens is 1. The van der Waals surface area contributed by atoms with Crippen molar-refractivity contribution >= 4 is 11.6 Å². The van der Waals surface area contributed by atoms with Gasteiger partial charge in [-0.05, 0) is 63.6 Å². The zero-order chi connectivity index (χ0) is 14.1. The van der Waals surface area contributed by atoms with Crippen molar-refractivity contribution in [3.8, 4) is 0 Å². The fourth-order valence-corrected chi connectivity index (χ4v) is 2.36. The van der Waals surface area contributed by atoms with Gasteiger partial charge in [0.05, 0.1) is 0 Å². The highest BCUT2D eigenvalue weighted by Gasteiger charge is 2.03. The number of benzene rings is 1. The Balaban J connectivity index is 2.17. The van der Waals surface area contributed by atoms with Gasteiger partial charge in [-0.25, -0.2) is 0 Å². The van der Waals surface area contributed by atoms with E-state index in [-0.39, 0.29) is 0 Å². The second-order valence-electron chi connectivity index (χ2n) is 5.07. The van der Waals surface area contributed by atoms with Crippen molar-refractivity contribution in [3.63, 3.8) is 0 Å². The van der Waals surface area contributed by atoms with Crippen molar-refractivity contribution in [1.82, 2.24) is 10.2 Å². The molecular formula is C16H27ClN2. The van der Waals surface area contributed by atoms with E-state index in [1.54, 1.807) is 0 Å². The number of nitrogens with zero attached hydrogens (tertiary/aromatic N) is 1. The monoisotopic (exact) mass is 282 g/mol. The molecule has 0 bridgehead atoms. The van der Waals surface area contributed by atoms with Gasteiger partial charge in [-0.3, -0.25) is 0 Å². The number of hydrogen-bond acceptors (Lipinski definition) is 2. The van der Waals surface area contributed by atoms with Gasteiger partial charge in [0, 0.05) is 11.1 Å². The van der Waals surface area contributed by atoms with Crippen LogP contribution >= 0.6 is 11.6 Å². The minimum atomic E-state index is 0.512. The first-order valence-electron chi connectivity index (χ1n) is 7.35. The number of rotatable bonds is 9. The van der Waals surface area contributed by atoms with Crippen LogP contribution in [0.5, 0.6) is 0 Å². The van der Waals surface area contributed by atoms with Gasteiger partial charge in [-0.2, -0.15) is 0 Å². The van der Waals surface area contributed by atoms with Gasteiger partial charge in [0.25, 0.3) is 0 Å². The Bertz CT molecular complexity index is 333. The van der Waals surface area contributed by atoms with Crippen LogP contribution in [0.25, 0.3) is 0 Å². The van der Waals surface area contributed by atoms with Crippen LogP contribution in [-0.2, 0) is 6.42 Å². The summed E-state index contributed by atoms with van der Waals surface area (Å²) in [4.78, 5) is 2.46. The summed E-state index contributed by atoms with van der Waals surface area (Å²) >= 11 is 5.89. The molecule has 0 aromatic heterocycles. The van der Waals surface area contributed by atoms with Crippen LogP contribution in [-0.4, -0.2) is 37.1 Å². The van der Waals surface area contributed by atoms with Gasteiger partial charge >= 0.3 is 0 Å². The molecule has 0 saturated heterocycles. The minimum Gasteiger partial charge on any atom is -0.314 e. The summed E-state index contributed by atoms with van der Waals surface area (Å²) in [5, 5.41) is 4.40. The van der Waals surface area contributed by atoms with Gasteiger partial charge in [-0.15, -0.1) is 0 Å². The Hall–Kier alpha value is -0.570. The van der Waals surface area contributed by atoms with Gasteiger partial charge in [0.15, 0.2) is 0 Å². The molecule has 1 N–H and O–H groups in total. The average Bonchev–Trinajstić information content (AvgIpc) is 2.42. The summed E-state index contributed by atoms with van der Waals surface area (Å²) in [5.74, 6) is 0. The molecule has 0 fully saturated rings. The summed E-state index contributed by atoms with van der Waals surface area (Å²) in [5.41, 5.74) is 1.34. The second-order valence-corrected chi connectivity index (χ2v) is 5.50. The number of nitrogens with one attached hydrogen (secondary N) is 1. The van der Waals surface area contributed by atoms with Crippen molar-refractivity contribution in [2.45, 2.75) is 39.7 Å². The Morgan fingerprint density at radius 3 is 2.37 bits per heavy atom. The van der Waals surface area contributed by atoms with Crippen LogP contribution in [0.4, 0.5) is 0 Å². The lowest BCUT2D eigenvalue weighted by Gasteiger charge is -2.19. The molecule has 108 valence electrons. The normalized spacial score (nSPS) is 12.9. The predicted molar refractivity (Wildman–Crippen MR) is 85.0 cm³/mol. The van der Waals surface area contributed by atoms with Gasteiger partial charge in [-0.1, -0.05) is 37.6 Å². The van der Waals surface area contributed by atoms with Crippen molar-refractivity contribution in [1.29, 1.82) is 0 Å². The molecule has 1 unspecified atom stereocenters. The molecular weight excluding hydrogens is 256 g/mol. The van der Waals surface area contributed by atoms with Crippen LogP contribution in [0.2, 0.25) is 5.02 Å². The topological polar surface area (TPSA) is 15.3 Å². The number of hydrogen-bond donors (Lipinski definition) is 1. The summed E-state index contributed by atoms with van der Waals surface area (Å²) < 4.78 is 0. The first-order valence-corrected chi connectivity index (χ1v) is 7.73. The Morgan fingerprint density at radius 1 is 1.16 bits per heavy atom. The molecule has 0 heterocycles. The first kappa shape index (κ1) is 16.5. The molecule has 0 radical (unpaired) electrons. The lowest BCUT2D eigenvalue weighted by atomic mass is 10.1. The highest BCUT2D eigenvalue weighted by Crippen LogP contribution is 2.10. The lowest BCUT2D eigenvalue weighted by Crippen LogP contribution is -2.32. The third-order valence-electron chi connectivity index (χ3n) is 3.49. The molecule has 1 aromatic rings. The maximum Gasteiger partial charge on any atom is 0.0406 e. The van der Waals surface area contributed by atoms with Crippen molar-refractivity contribution in [2.75, 3.05) is 26.2 Å². The van der Waals surface area contributed by atoms with E-state index in [1.165, 1.54) is 18.5 Å². The molecule has 2 nitrogen and oxygen atoms in total. The quantitative estimate of drug-likeness (QED) is 0.696. The van der Waals surface area contributed by atoms with Crippen LogP contribution in [0.1, 0.15) is 32.8 Å². The molecule has 3 heteroatoms. The highest BCUT2D eigenvalue weighted by atomic mass is 35.5.